The Morgan fingerprint density at radius 3 is 2.75 bits per heavy atom. The van der Waals surface area contributed by atoms with Gasteiger partial charge in [-0.05, 0) is 30.7 Å². The molecule has 2 rings (SSSR count). The second-order valence-electron chi connectivity index (χ2n) is 4.97. The van der Waals surface area contributed by atoms with Gasteiger partial charge in [0.1, 0.15) is 4.21 Å². The van der Waals surface area contributed by atoms with Gasteiger partial charge in [-0.3, -0.25) is 4.99 Å². The summed E-state index contributed by atoms with van der Waals surface area (Å²) in [5.41, 5.74) is 0. The van der Waals surface area contributed by atoms with Gasteiger partial charge in [0.25, 0.3) is 0 Å². The second-order valence-corrected chi connectivity index (χ2v) is 10.1. The molecule has 1 atom stereocenters. The van der Waals surface area contributed by atoms with Crippen molar-refractivity contribution >= 4 is 74.7 Å². The Hall–Kier alpha value is 0.250. The number of aliphatic imine (C=N–C) groups is 1. The van der Waals surface area contributed by atoms with Crippen molar-refractivity contribution < 1.29 is 8.42 Å². The monoisotopic (exact) mass is 524 g/mol. The van der Waals surface area contributed by atoms with Crippen LogP contribution in [0.15, 0.2) is 21.3 Å². The number of nitrogens with one attached hydrogen (secondary N) is 3. The van der Waals surface area contributed by atoms with Gasteiger partial charge in [0.05, 0.1) is 4.34 Å². The first-order chi connectivity index (χ1) is 11.0. The Bertz CT molecular complexity index is 633. The summed E-state index contributed by atoms with van der Waals surface area (Å²) < 4.78 is 27.3. The van der Waals surface area contributed by atoms with Crippen molar-refractivity contribution in [3.63, 3.8) is 0 Å². The molecule has 0 radical (unpaired) electrons. The van der Waals surface area contributed by atoms with Gasteiger partial charge >= 0.3 is 0 Å². The lowest BCUT2D eigenvalue weighted by Gasteiger charge is -2.14. The number of hydrogen-bond acceptors (Lipinski definition) is 5. The summed E-state index contributed by atoms with van der Waals surface area (Å²) in [7, 11) is -1.79. The number of rotatable bonds is 7. The maximum absolute atomic E-state index is 12.0. The summed E-state index contributed by atoms with van der Waals surface area (Å²) in [4.78, 5) is 4.14. The average molecular weight is 525 g/mol. The minimum absolute atomic E-state index is 0. The smallest absolute Gasteiger partial charge is 0.250 e. The van der Waals surface area contributed by atoms with Gasteiger partial charge in [-0.15, -0.1) is 35.3 Å². The third-order valence-electron chi connectivity index (χ3n) is 3.27. The highest BCUT2D eigenvalue weighted by atomic mass is 127. The Labute approximate surface area is 173 Å². The van der Waals surface area contributed by atoms with Gasteiger partial charge < -0.3 is 10.6 Å². The summed E-state index contributed by atoms with van der Waals surface area (Å²) in [6, 6.07) is 3.08. The fourth-order valence-corrected chi connectivity index (χ4v) is 5.88. The molecule has 1 saturated heterocycles. The zero-order chi connectivity index (χ0) is 16.7. The largest absolute Gasteiger partial charge is 0.355 e. The van der Waals surface area contributed by atoms with E-state index < -0.39 is 10.0 Å². The Morgan fingerprint density at radius 2 is 2.17 bits per heavy atom. The minimum Gasteiger partial charge on any atom is -0.355 e. The number of sulfonamides is 1. The number of hydrogen-bond donors (Lipinski definition) is 3. The molecule has 6 nitrogen and oxygen atoms in total. The zero-order valence-electron chi connectivity index (χ0n) is 13.2. The lowest BCUT2D eigenvalue weighted by atomic mass is 10.2. The minimum atomic E-state index is -3.49. The van der Waals surface area contributed by atoms with Crippen molar-refractivity contribution in [3.05, 3.63) is 16.5 Å². The van der Waals surface area contributed by atoms with Crippen molar-refractivity contribution in [2.24, 2.45) is 4.99 Å². The van der Waals surface area contributed by atoms with Crippen LogP contribution in [-0.2, 0) is 10.0 Å². The quantitative estimate of drug-likeness (QED) is 0.221. The molecule has 11 heteroatoms. The van der Waals surface area contributed by atoms with E-state index in [1.807, 2.05) is 11.8 Å². The van der Waals surface area contributed by atoms with Crippen LogP contribution < -0.4 is 15.4 Å². The third-order valence-corrected chi connectivity index (χ3v) is 7.85. The number of thiophene rings is 1. The van der Waals surface area contributed by atoms with Crippen LogP contribution in [0.4, 0.5) is 0 Å². The average Bonchev–Trinajstić information content (AvgIpc) is 3.18. The first kappa shape index (κ1) is 22.3. The van der Waals surface area contributed by atoms with Crippen molar-refractivity contribution in [2.75, 3.05) is 32.4 Å². The molecule has 24 heavy (non-hydrogen) atoms. The van der Waals surface area contributed by atoms with E-state index in [-0.39, 0.29) is 34.7 Å². The molecular weight excluding hydrogens is 503 g/mol. The molecule has 2 heterocycles. The van der Waals surface area contributed by atoms with Crippen molar-refractivity contribution in [2.45, 2.75) is 22.3 Å². The second kappa shape index (κ2) is 11.1. The molecule has 0 saturated carbocycles. The van der Waals surface area contributed by atoms with Gasteiger partial charge in [0, 0.05) is 31.9 Å². The first-order valence-corrected chi connectivity index (χ1v) is 11.0. The number of guanidine groups is 1. The molecule has 0 aromatic carbocycles. The Kier molecular flexibility index (Phi) is 10.3. The van der Waals surface area contributed by atoms with Crippen LogP contribution in [0.2, 0.25) is 4.34 Å². The van der Waals surface area contributed by atoms with E-state index in [0.717, 1.165) is 17.9 Å². The van der Waals surface area contributed by atoms with Crippen LogP contribution in [-0.4, -0.2) is 52.1 Å². The van der Waals surface area contributed by atoms with Crippen LogP contribution in [0.1, 0.15) is 12.8 Å². The maximum Gasteiger partial charge on any atom is 0.250 e. The van der Waals surface area contributed by atoms with Crippen molar-refractivity contribution in [1.82, 2.24) is 15.4 Å². The van der Waals surface area contributed by atoms with Crippen molar-refractivity contribution in [1.29, 1.82) is 0 Å². The molecule has 0 bridgehead atoms. The molecular formula is C13H22ClIN4O2S3. The molecule has 1 fully saturated rings. The van der Waals surface area contributed by atoms with E-state index in [9.17, 15) is 8.42 Å². The molecule has 0 amide bonds. The maximum atomic E-state index is 12.0. The molecule has 0 spiro atoms. The molecule has 1 aliphatic rings. The fraction of sp³-hybridized carbons (Fsp3) is 0.615. The highest BCUT2D eigenvalue weighted by molar-refractivity contribution is 14.0. The summed E-state index contributed by atoms with van der Waals surface area (Å²) in [6.07, 6.45) is 2.51. The number of thioether (sulfide) groups is 1. The van der Waals surface area contributed by atoms with Gasteiger partial charge in [0.15, 0.2) is 5.96 Å². The molecule has 1 aliphatic heterocycles. The molecule has 0 aliphatic carbocycles. The lowest BCUT2D eigenvalue weighted by Crippen LogP contribution is -2.43. The topological polar surface area (TPSA) is 82.6 Å². The van der Waals surface area contributed by atoms with E-state index in [1.54, 1.807) is 13.1 Å². The molecule has 1 aromatic heterocycles. The Balaban J connectivity index is 0.00000288. The normalized spacial score (nSPS) is 18.2. The highest BCUT2D eigenvalue weighted by Gasteiger charge is 2.17. The standard InChI is InChI=1S/C13H21ClN4O2S3.HI/c1-15-13(17-9-10-3-2-8-21-10)16-6-7-18-23(19,20)12-5-4-11(14)22-12;/h4-5,10,18H,2-3,6-9H2,1H3,(H2,15,16,17);1H. The summed E-state index contributed by atoms with van der Waals surface area (Å²) in [5, 5.41) is 7.01. The van der Waals surface area contributed by atoms with Gasteiger partial charge in [0.2, 0.25) is 10.0 Å². The summed E-state index contributed by atoms with van der Waals surface area (Å²) in [5.74, 6) is 1.92. The van der Waals surface area contributed by atoms with Crippen LogP contribution in [0.5, 0.6) is 0 Å². The first-order valence-electron chi connectivity index (χ1n) is 7.32. The molecule has 1 unspecified atom stereocenters. The van der Waals surface area contributed by atoms with Crippen LogP contribution in [0, 0.1) is 0 Å². The SMILES string of the molecule is CN=C(NCCNS(=O)(=O)c1ccc(Cl)s1)NCC1CCCS1.I. The van der Waals surface area contributed by atoms with E-state index in [2.05, 4.69) is 20.3 Å². The van der Waals surface area contributed by atoms with Crippen molar-refractivity contribution in [3.8, 4) is 0 Å². The van der Waals surface area contributed by atoms with Gasteiger partial charge in [-0.1, -0.05) is 11.6 Å². The van der Waals surface area contributed by atoms with E-state index in [4.69, 9.17) is 11.6 Å². The fourth-order valence-electron chi connectivity index (χ4n) is 2.12. The third kappa shape index (κ3) is 7.24. The molecule has 3 N–H and O–H groups in total. The van der Waals surface area contributed by atoms with E-state index >= 15 is 0 Å². The molecule has 1 aromatic rings. The van der Waals surface area contributed by atoms with E-state index in [0.29, 0.717) is 22.1 Å². The van der Waals surface area contributed by atoms with Gasteiger partial charge in [-0.2, -0.15) is 11.8 Å². The Morgan fingerprint density at radius 1 is 1.38 bits per heavy atom. The summed E-state index contributed by atoms with van der Waals surface area (Å²) in [6.45, 7) is 1.61. The predicted octanol–water partition coefficient (Wildman–Crippen LogP) is 2.36. The van der Waals surface area contributed by atoms with Gasteiger partial charge in [-0.25, -0.2) is 13.1 Å². The highest BCUT2D eigenvalue weighted by Crippen LogP contribution is 2.25. The van der Waals surface area contributed by atoms with E-state index in [1.165, 1.54) is 24.7 Å². The number of nitrogens with zero attached hydrogens (tertiary/aromatic N) is 1. The predicted molar refractivity (Wildman–Crippen MR) is 115 cm³/mol. The lowest BCUT2D eigenvalue weighted by molar-refractivity contribution is 0.582. The van der Waals surface area contributed by atoms with Crippen LogP contribution >= 0.6 is 58.7 Å². The summed E-state index contributed by atoms with van der Waals surface area (Å²) >= 11 is 8.79. The van der Waals surface area contributed by atoms with Crippen LogP contribution in [0.3, 0.4) is 0 Å². The zero-order valence-corrected chi connectivity index (χ0v) is 18.8. The van der Waals surface area contributed by atoms with Crippen LogP contribution in [0.25, 0.3) is 0 Å². The molecule has 138 valence electrons. The number of halogens is 2.